The molecule has 11 heteroatoms. The number of likely N-dealkylation sites (N-methyl/N-ethyl adjacent to an activating group) is 1. The van der Waals surface area contributed by atoms with Crippen molar-refractivity contribution in [3.05, 3.63) is 122 Å². The van der Waals surface area contributed by atoms with E-state index in [2.05, 4.69) is 5.10 Å². The average Bonchev–Trinajstić information content (AvgIpc) is 2.97. The van der Waals surface area contributed by atoms with Gasteiger partial charge in [0.2, 0.25) is 5.82 Å². The lowest BCUT2D eigenvalue weighted by atomic mass is 10.1. The molecule has 3 aromatic carbocycles. The molecule has 0 radical (unpaired) electrons. The second-order valence-corrected chi connectivity index (χ2v) is 9.83. The Morgan fingerprint density at radius 1 is 0.854 bits per heavy atom. The van der Waals surface area contributed by atoms with Gasteiger partial charge in [0.05, 0.1) is 0 Å². The maximum absolute atomic E-state index is 13.3. The molecular weight excluding hydrogens is 528 g/mol. The van der Waals surface area contributed by atoms with Gasteiger partial charge in [-0.15, -0.1) is 5.10 Å². The maximum atomic E-state index is 13.3. The van der Waals surface area contributed by atoms with Crippen LogP contribution in [0.2, 0.25) is 0 Å². The second kappa shape index (κ2) is 12.9. The van der Waals surface area contributed by atoms with Gasteiger partial charge in [-0.25, -0.2) is 9.59 Å². The molecule has 0 amide bonds. The lowest BCUT2D eigenvalue weighted by molar-refractivity contribution is -0.152. The van der Waals surface area contributed by atoms with E-state index in [1.54, 1.807) is 24.1 Å². The van der Waals surface area contributed by atoms with Crippen molar-refractivity contribution in [2.45, 2.75) is 39.1 Å². The molecule has 4 aromatic rings. The molecule has 0 aliphatic rings. The maximum Gasteiger partial charge on any atom is 0.415 e. The molecule has 0 aliphatic heterocycles. The molecule has 0 saturated carbocycles. The number of hydrogen-bond acceptors (Lipinski definition) is 8. The topological polar surface area (TPSA) is 125 Å². The highest BCUT2D eigenvalue weighted by atomic mass is 16.7. The number of ether oxygens (including phenoxy) is 1. The number of hydrogen-bond donors (Lipinski definition) is 1. The molecule has 0 atom stereocenters. The highest BCUT2D eigenvalue weighted by Gasteiger charge is 2.29. The van der Waals surface area contributed by atoms with Gasteiger partial charge in [-0.2, -0.15) is 0 Å². The van der Waals surface area contributed by atoms with Crippen LogP contribution in [-0.2, 0) is 24.4 Å². The molecule has 4 rings (SSSR count). The van der Waals surface area contributed by atoms with Crippen molar-refractivity contribution in [3.63, 3.8) is 0 Å². The van der Waals surface area contributed by atoms with Crippen molar-refractivity contribution in [1.82, 2.24) is 14.7 Å². The summed E-state index contributed by atoms with van der Waals surface area (Å²) in [6.07, 6.45) is 0.523. The molecule has 1 heterocycles. The predicted molar refractivity (Wildman–Crippen MR) is 152 cm³/mol. The molecule has 11 nitrogen and oxygen atoms in total. The molecule has 0 fully saturated rings. The summed E-state index contributed by atoms with van der Waals surface area (Å²) in [7, 11) is 1.68. The van der Waals surface area contributed by atoms with Gasteiger partial charge in [0.1, 0.15) is 19.0 Å². The van der Waals surface area contributed by atoms with Gasteiger partial charge in [0.25, 0.3) is 0 Å². The zero-order valence-corrected chi connectivity index (χ0v) is 23.1. The number of aromatic nitrogens is 3. The van der Waals surface area contributed by atoms with Gasteiger partial charge in [0.15, 0.2) is 5.60 Å². The normalized spacial score (nSPS) is 11.1. The Morgan fingerprint density at radius 2 is 1.41 bits per heavy atom. The molecule has 0 aliphatic carbocycles. The van der Waals surface area contributed by atoms with E-state index in [0.717, 1.165) is 21.5 Å². The summed E-state index contributed by atoms with van der Waals surface area (Å²) >= 11 is 0. The SMILES string of the molecule is CN(CCc1ccc(OC(C)(C)C(=O)O)cc1)c1nn(OCc2ccccc2)c(=O)n(OCc2ccccc2)c1=O. The van der Waals surface area contributed by atoms with E-state index < -0.39 is 22.8 Å². The van der Waals surface area contributed by atoms with Gasteiger partial charge in [0, 0.05) is 13.6 Å². The Balaban J connectivity index is 1.53. The fraction of sp³-hybridized carbons (Fsp3) is 0.267. The summed E-state index contributed by atoms with van der Waals surface area (Å²) < 4.78 is 6.21. The van der Waals surface area contributed by atoms with E-state index in [9.17, 15) is 19.5 Å². The van der Waals surface area contributed by atoms with Crippen LogP contribution in [0.25, 0.3) is 0 Å². The predicted octanol–water partition coefficient (Wildman–Crippen LogP) is 2.58. The van der Waals surface area contributed by atoms with E-state index in [1.807, 2.05) is 72.8 Å². The standard InChI is InChI=1S/C30H32N4O7/c1-30(2,28(36)37)41-25-16-14-22(15-17-25)18-19-32(3)26-27(35)33(39-20-23-10-6-4-7-11-23)29(38)34(31-26)40-21-24-12-8-5-9-13-24/h4-17H,18-21H2,1-3H3,(H,36,37). The Labute approximate surface area is 236 Å². The van der Waals surface area contributed by atoms with E-state index in [1.165, 1.54) is 13.8 Å². The van der Waals surface area contributed by atoms with Crippen LogP contribution >= 0.6 is 0 Å². The first-order valence-electron chi connectivity index (χ1n) is 13.0. The summed E-state index contributed by atoms with van der Waals surface area (Å²) in [5.41, 5.74) is -0.417. The van der Waals surface area contributed by atoms with Crippen LogP contribution in [0, 0.1) is 0 Å². The minimum atomic E-state index is -1.36. The molecule has 41 heavy (non-hydrogen) atoms. The van der Waals surface area contributed by atoms with E-state index in [4.69, 9.17) is 14.4 Å². The Hall–Kier alpha value is -5.06. The summed E-state index contributed by atoms with van der Waals surface area (Å²) in [6.45, 7) is 3.38. The first kappa shape index (κ1) is 28.9. The number of rotatable bonds is 13. The Kier molecular flexibility index (Phi) is 9.08. The van der Waals surface area contributed by atoms with Crippen LogP contribution in [0.15, 0.2) is 94.5 Å². The van der Waals surface area contributed by atoms with Crippen molar-refractivity contribution in [1.29, 1.82) is 0 Å². The highest BCUT2D eigenvalue weighted by Crippen LogP contribution is 2.19. The lowest BCUT2D eigenvalue weighted by Crippen LogP contribution is -2.49. The molecule has 0 spiro atoms. The summed E-state index contributed by atoms with van der Waals surface area (Å²) in [5, 5.41) is 13.5. The largest absolute Gasteiger partial charge is 0.478 e. The quantitative estimate of drug-likeness (QED) is 0.263. The smallest absolute Gasteiger partial charge is 0.415 e. The van der Waals surface area contributed by atoms with Gasteiger partial charge < -0.3 is 24.4 Å². The molecule has 214 valence electrons. The van der Waals surface area contributed by atoms with Crippen LogP contribution in [0.5, 0.6) is 5.75 Å². The molecule has 0 saturated heterocycles. The van der Waals surface area contributed by atoms with Crippen LogP contribution in [-0.4, -0.2) is 44.9 Å². The van der Waals surface area contributed by atoms with Gasteiger partial charge >= 0.3 is 17.2 Å². The fourth-order valence-corrected chi connectivity index (χ4v) is 3.75. The van der Waals surface area contributed by atoms with Crippen LogP contribution < -0.4 is 30.6 Å². The van der Waals surface area contributed by atoms with Crippen LogP contribution in [0.3, 0.4) is 0 Å². The fourth-order valence-electron chi connectivity index (χ4n) is 3.75. The monoisotopic (exact) mass is 560 g/mol. The average molecular weight is 561 g/mol. The molecular formula is C30H32N4O7. The van der Waals surface area contributed by atoms with E-state index in [0.29, 0.717) is 23.4 Å². The lowest BCUT2D eigenvalue weighted by Gasteiger charge is -2.22. The molecule has 1 N–H and O–H groups in total. The first-order valence-corrected chi connectivity index (χ1v) is 13.0. The van der Waals surface area contributed by atoms with Gasteiger partial charge in [-0.05, 0) is 53.9 Å². The zero-order valence-electron chi connectivity index (χ0n) is 23.1. The zero-order chi connectivity index (χ0) is 29.4. The van der Waals surface area contributed by atoms with Gasteiger partial charge in [-0.1, -0.05) is 77.5 Å². The Bertz CT molecular complexity index is 1570. The number of carboxylic acid groups (broad SMARTS) is 1. The number of nitrogens with zero attached hydrogens (tertiary/aromatic N) is 4. The van der Waals surface area contributed by atoms with Crippen molar-refractivity contribution in [2.24, 2.45) is 0 Å². The number of anilines is 1. The molecule has 1 aromatic heterocycles. The summed E-state index contributed by atoms with van der Waals surface area (Å²) in [4.78, 5) is 51.4. The van der Waals surface area contributed by atoms with Crippen LogP contribution in [0.1, 0.15) is 30.5 Å². The third kappa shape index (κ3) is 7.53. The minimum Gasteiger partial charge on any atom is -0.478 e. The van der Waals surface area contributed by atoms with Crippen molar-refractivity contribution in [2.75, 3.05) is 18.5 Å². The minimum absolute atomic E-state index is 0.00502. The second-order valence-electron chi connectivity index (χ2n) is 9.83. The van der Waals surface area contributed by atoms with E-state index in [-0.39, 0.29) is 19.0 Å². The third-order valence-corrected chi connectivity index (χ3v) is 6.21. The number of aliphatic carboxylic acids is 1. The third-order valence-electron chi connectivity index (χ3n) is 6.21. The number of carboxylic acids is 1. The van der Waals surface area contributed by atoms with Crippen LogP contribution in [0.4, 0.5) is 5.82 Å². The number of carbonyl (C=O) groups is 1. The highest BCUT2D eigenvalue weighted by molar-refractivity contribution is 5.76. The Morgan fingerprint density at radius 3 is 1.98 bits per heavy atom. The van der Waals surface area contributed by atoms with Crippen molar-refractivity contribution >= 4 is 11.8 Å². The summed E-state index contributed by atoms with van der Waals surface area (Å²) in [5.74, 6) is -0.672. The van der Waals surface area contributed by atoms with Crippen molar-refractivity contribution in [3.8, 4) is 5.75 Å². The van der Waals surface area contributed by atoms with Gasteiger partial charge in [-0.3, -0.25) is 4.79 Å². The molecule has 0 unspecified atom stereocenters. The number of benzene rings is 3. The first-order chi connectivity index (χ1) is 19.6. The molecule has 0 bridgehead atoms. The van der Waals surface area contributed by atoms with E-state index >= 15 is 0 Å². The van der Waals surface area contributed by atoms with Crippen molar-refractivity contribution < 1.29 is 24.3 Å². The summed E-state index contributed by atoms with van der Waals surface area (Å²) in [6, 6.07) is 25.5.